The number of amides is 1. The van der Waals surface area contributed by atoms with Gasteiger partial charge in [-0.1, -0.05) is 20.8 Å². The molecule has 1 aliphatic carbocycles. The number of ketones is 1. The fraction of sp³-hybridized carbons (Fsp3) is 0.706. The molecule has 1 amide bonds. The van der Waals surface area contributed by atoms with Crippen molar-refractivity contribution in [2.75, 3.05) is 7.05 Å². The van der Waals surface area contributed by atoms with E-state index >= 15 is 0 Å². The predicted octanol–water partition coefficient (Wildman–Crippen LogP) is 3.82. The van der Waals surface area contributed by atoms with Crippen LogP contribution in [-0.4, -0.2) is 40.4 Å². The van der Waals surface area contributed by atoms with E-state index in [0.29, 0.717) is 25.0 Å². The lowest BCUT2D eigenvalue weighted by Crippen LogP contribution is -2.33. The second-order valence-corrected chi connectivity index (χ2v) is 7.80. The molecule has 0 spiro atoms. The van der Waals surface area contributed by atoms with Crippen molar-refractivity contribution >= 4 is 17.6 Å². The van der Waals surface area contributed by atoms with Crippen molar-refractivity contribution in [3.63, 3.8) is 0 Å². The molecule has 0 heterocycles. The number of hydrogen-bond acceptors (Lipinski definition) is 5. The number of nitrogens with zero attached hydrogens (tertiary/aromatic N) is 2. The summed E-state index contributed by atoms with van der Waals surface area (Å²) in [6.07, 6.45) is 0.970. The van der Waals surface area contributed by atoms with Gasteiger partial charge in [-0.2, -0.15) is 5.10 Å². The fourth-order valence-electron chi connectivity index (χ4n) is 2.12. The molecule has 130 valence electrons. The van der Waals surface area contributed by atoms with E-state index < -0.39 is 17.1 Å². The molecule has 0 aliphatic heterocycles. The standard InChI is InChI=1S/C17H28N2O4/c1-16(2,3)14(21)13-11(9-8-10-12(13)20)18-19(7)15(22)23-17(4,5)6/h21H,8-10H2,1-7H3. The molecule has 1 fully saturated rings. The smallest absolute Gasteiger partial charge is 0.430 e. The Morgan fingerprint density at radius 2 is 1.74 bits per heavy atom. The van der Waals surface area contributed by atoms with Crippen LogP contribution in [0.4, 0.5) is 4.79 Å². The molecule has 0 bridgehead atoms. The van der Waals surface area contributed by atoms with Crippen molar-refractivity contribution < 1.29 is 19.4 Å². The lowest BCUT2D eigenvalue weighted by atomic mass is 9.83. The van der Waals surface area contributed by atoms with Gasteiger partial charge in [0.05, 0.1) is 11.3 Å². The van der Waals surface area contributed by atoms with Crippen molar-refractivity contribution in [1.82, 2.24) is 5.01 Å². The Kier molecular flexibility index (Phi) is 5.61. The van der Waals surface area contributed by atoms with Gasteiger partial charge in [0.25, 0.3) is 0 Å². The van der Waals surface area contributed by atoms with Crippen molar-refractivity contribution in [2.24, 2.45) is 10.5 Å². The summed E-state index contributed by atoms with van der Waals surface area (Å²) in [5.41, 5.74) is -0.519. The molecule has 1 rings (SSSR count). The summed E-state index contributed by atoms with van der Waals surface area (Å²) in [7, 11) is 1.48. The number of rotatable bonds is 1. The molecule has 6 nitrogen and oxygen atoms in total. The zero-order valence-electron chi connectivity index (χ0n) is 15.2. The number of hydrazone groups is 1. The van der Waals surface area contributed by atoms with Crippen LogP contribution in [0.15, 0.2) is 16.4 Å². The summed E-state index contributed by atoms with van der Waals surface area (Å²) < 4.78 is 5.25. The van der Waals surface area contributed by atoms with Crippen molar-refractivity contribution in [2.45, 2.75) is 66.4 Å². The lowest BCUT2D eigenvalue weighted by Gasteiger charge is -2.26. The minimum atomic E-state index is -0.625. The Morgan fingerprint density at radius 3 is 2.22 bits per heavy atom. The SMILES string of the molecule is CN(N=C1CCCC(=O)C1=C(O)C(C)(C)C)C(=O)OC(C)(C)C. The molecule has 0 aromatic heterocycles. The van der Waals surface area contributed by atoms with Crippen molar-refractivity contribution in [3.05, 3.63) is 11.3 Å². The Labute approximate surface area is 138 Å². The zero-order valence-corrected chi connectivity index (χ0v) is 15.2. The van der Waals surface area contributed by atoms with E-state index in [1.165, 1.54) is 7.05 Å². The van der Waals surface area contributed by atoms with E-state index in [9.17, 15) is 14.7 Å². The quantitative estimate of drug-likeness (QED) is 0.452. The number of allylic oxidation sites excluding steroid dienone is 2. The second kappa shape index (κ2) is 6.72. The summed E-state index contributed by atoms with van der Waals surface area (Å²) in [5.74, 6) is -0.126. The van der Waals surface area contributed by atoms with Gasteiger partial charge >= 0.3 is 6.09 Å². The van der Waals surface area contributed by atoms with Gasteiger partial charge in [0.1, 0.15) is 11.4 Å². The van der Waals surface area contributed by atoms with Gasteiger partial charge < -0.3 is 9.84 Å². The van der Waals surface area contributed by atoms with Crippen LogP contribution in [0.2, 0.25) is 0 Å². The maximum atomic E-state index is 12.2. The van der Waals surface area contributed by atoms with Gasteiger partial charge in [-0.15, -0.1) is 0 Å². The average Bonchev–Trinajstić information content (AvgIpc) is 2.35. The highest BCUT2D eigenvalue weighted by Gasteiger charge is 2.31. The number of ether oxygens (including phenoxy) is 1. The van der Waals surface area contributed by atoms with Crippen molar-refractivity contribution in [1.29, 1.82) is 0 Å². The zero-order chi connectivity index (χ0) is 18.0. The molecule has 0 radical (unpaired) electrons. The third-order valence-electron chi connectivity index (χ3n) is 3.26. The highest BCUT2D eigenvalue weighted by molar-refractivity contribution is 6.24. The number of aliphatic hydroxyl groups excluding tert-OH is 1. The average molecular weight is 324 g/mol. The van der Waals surface area contributed by atoms with Crippen LogP contribution in [-0.2, 0) is 9.53 Å². The third-order valence-corrected chi connectivity index (χ3v) is 3.26. The number of aliphatic hydroxyl groups is 1. The van der Waals surface area contributed by atoms with Gasteiger partial charge in [0.2, 0.25) is 0 Å². The maximum Gasteiger partial charge on any atom is 0.430 e. The summed E-state index contributed by atoms with van der Waals surface area (Å²) >= 11 is 0. The van der Waals surface area contributed by atoms with E-state index in [2.05, 4.69) is 5.10 Å². The number of carbonyl (C=O) groups is 2. The van der Waals surface area contributed by atoms with Crippen LogP contribution in [0.5, 0.6) is 0 Å². The monoisotopic (exact) mass is 324 g/mol. The Morgan fingerprint density at radius 1 is 1.17 bits per heavy atom. The molecule has 1 saturated carbocycles. The molecule has 0 aromatic rings. The lowest BCUT2D eigenvalue weighted by molar-refractivity contribution is -0.115. The molecular weight excluding hydrogens is 296 g/mol. The topological polar surface area (TPSA) is 79.2 Å². The first kappa shape index (κ1) is 19.2. The van der Waals surface area contributed by atoms with Gasteiger partial charge in [0.15, 0.2) is 5.78 Å². The molecule has 1 aliphatic rings. The molecule has 6 heteroatoms. The van der Waals surface area contributed by atoms with Crippen LogP contribution in [0.3, 0.4) is 0 Å². The number of Topliss-reactive ketones (excluding diaryl/α,β-unsaturated/α-hetero) is 1. The molecular formula is C17H28N2O4. The minimum Gasteiger partial charge on any atom is -0.511 e. The Bertz CT molecular complexity index is 548. The molecule has 0 atom stereocenters. The number of carbonyl (C=O) groups excluding carboxylic acids is 2. The third kappa shape index (κ3) is 5.37. The van der Waals surface area contributed by atoms with Crippen LogP contribution in [0, 0.1) is 5.41 Å². The molecule has 0 unspecified atom stereocenters. The van der Waals surface area contributed by atoms with E-state index in [-0.39, 0.29) is 17.1 Å². The Balaban J connectivity index is 3.16. The van der Waals surface area contributed by atoms with Crippen LogP contribution >= 0.6 is 0 Å². The predicted molar refractivity (Wildman–Crippen MR) is 89.4 cm³/mol. The minimum absolute atomic E-state index is 0.0125. The van der Waals surface area contributed by atoms with Crippen LogP contribution < -0.4 is 0 Å². The summed E-state index contributed by atoms with van der Waals surface area (Å²) in [5, 5.41) is 15.7. The maximum absolute atomic E-state index is 12.2. The number of hydrogen-bond donors (Lipinski definition) is 1. The van der Waals surface area contributed by atoms with Gasteiger partial charge in [0, 0.05) is 18.9 Å². The second-order valence-electron chi connectivity index (χ2n) is 7.80. The largest absolute Gasteiger partial charge is 0.511 e. The summed E-state index contributed by atoms with van der Waals surface area (Å²) in [4.78, 5) is 24.3. The molecule has 0 saturated heterocycles. The summed E-state index contributed by atoms with van der Waals surface area (Å²) in [6, 6.07) is 0. The summed E-state index contributed by atoms with van der Waals surface area (Å²) in [6.45, 7) is 10.8. The van der Waals surface area contributed by atoms with E-state index in [1.54, 1.807) is 20.8 Å². The highest BCUT2D eigenvalue weighted by atomic mass is 16.6. The first-order chi connectivity index (χ1) is 10.3. The molecule has 0 aromatic carbocycles. The van der Waals surface area contributed by atoms with Crippen LogP contribution in [0.1, 0.15) is 60.8 Å². The normalized spacial score (nSPS) is 20.5. The van der Waals surface area contributed by atoms with Crippen molar-refractivity contribution in [3.8, 4) is 0 Å². The Hall–Kier alpha value is -1.85. The van der Waals surface area contributed by atoms with Gasteiger partial charge in [-0.05, 0) is 33.6 Å². The first-order valence-electron chi connectivity index (χ1n) is 7.84. The fourth-order valence-corrected chi connectivity index (χ4v) is 2.12. The van der Waals surface area contributed by atoms with E-state index in [0.717, 1.165) is 5.01 Å². The first-order valence-corrected chi connectivity index (χ1v) is 7.84. The highest BCUT2D eigenvalue weighted by Crippen LogP contribution is 2.30. The molecule has 23 heavy (non-hydrogen) atoms. The van der Waals surface area contributed by atoms with Crippen LogP contribution in [0.25, 0.3) is 0 Å². The van der Waals surface area contributed by atoms with Gasteiger partial charge in [-0.25, -0.2) is 9.80 Å². The van der Waals surface area contributed by atoms with E-state index in [4.69, 9.17) is 4.74 Å². The van der Waals surface area contributed by atoms with Gasteiger partial charge in [-0.3, -0.25) is 4.79 Å². The molecule has 1 N–H and O–H groups in total. The van der Waals surface area contributed by atoms with E-state index in [1.807, 2.05) is 20.8 Å².